The molecule has 7 nitrogen and oxygen atoms in total. The summed E-state index contributed by atoms with van der Waals surface area (Å²) >= 11 is 0. The molecule has 5 rings (SSSR count). The van der Waals surface area contributed by atoms with Gasteiger partial charge in [-0.1, -0.05) is 6.58 Å². The third-order valence-corrected chi connectivity index (χ3v) is 5.81. The Labute approximate surface area is 167 Å². The van der Waals surface area contributed by atoms with E-state index in [4.69, 9.17) is 9.47 Å². The number of fused-ring (bicyclic) bond motifs is 3. The number of amides is 1. The molecule has 1 N–H and O–H groups in total. The van der Waals surface area contributed by atoms with Gasteiger partial charge >= 0.3 is 0 Å². The van der Waals surface area contributed by atoms with Gasteiger partial charge in [-0.3, -0.25) is 9.69 Å². The predicted molar refractivity (Wildman–Crippen MR) is 105 cm³/mol. The Kier molecular flexibility index (Phi) is 3.81. The number of rotatable bonds is 5. The molecule has 2 aliphatic heterocycles. The highest BCUT2D eigenvalue weighted by Gasteiger charge is 2.61. The van der Waals surface area contributed by atoms with Crippen LogP contribution in [0.1, 0.15) is 37.3 Å². The molecule has 8 heteroatoms. The van der Waals surface area contributed by atoms with Crippen molar-refractivity contribution in [2.75, 3.05) is 17.0 Å². The average molecular weight is 396 g/mol. The number of aromatic nitrogens is 2. The van der Waals surface area contributed by atoms with E-state index in [1.807, 2.05) is 26.0 Å². The molecule has 2 aromatic rings. The van der Waals surface area contributed by atoms with Crippen LogP contribution in [0.3, 0.4) is 0 Å². The lowest BCUT2D eigenvalue weighted by Crippen LogP contribution is -2.39. The number of nitrogens with one attached hydrogen (secondary N) is 1. The minimum Gasteiger partial charge on any atom is -0.454 e. The number of halogens is 1. The first-order chi connectivity index (χ1) is 13.9. The zero-order valence-corrected chi connectivity index (χ0v) is 16.3. The second-order valence-corrected chi connectivity index (χ2v) is 7.90. The highest BCUT2D eigenvalue weighted by molar-refractivity contribution is 6.09. The molecule has 3 aliphatic rings. The maximum Gasteiger partial charge on any atom is 0.239 e. The summed E-state index contributed by atoms with van der Waals surface area (Å²) in [4.78, 5) is 23.8. The fourth-order valence-corrected chi connectivity index (χ4v) is 4.12. The van der Waals surface area contributed by atoms with E-state index in [1.165, 1.54) is 0 Å². The summed E-state index contributed by atoms with van der Waals surface area (Å²) < 4.78 is 24.3. The van der Waals surface area contributed by atoms with Crippen molar-refractivity contribution >= 4 is 23.4 Å². The third kappa shape index (κ3) is 2.73. The number of benzene rings is 1. The zero-order valence-electron chi connectivity index (χ0n) is 16.3. The van der Waals surface area contributed by atoms with Crippen LogP contribution in [0, 0.1) is 6.92 Å². The zero-order chi connectivity index (χ0) is 20.3. The number of anilines is 3. The maximum atomic E-state index is 13.4. The second kappa shape index (κ2) is 6.17. The van der Waals surface area contributed by atoms with Gasteiger partial charge in [-0.05, 0) is 38.3 Å². The van der Waals surface area contributed by atoms with E-state index in [9.17, 15) is 9.18 Å². The third-order valence-electron chi connectivity index (χ3n) is 5.81. The predicted octanol–water partition coefficient (Wildman–Crippen LogP) is 3.90. The topological polar surface area (TPSA) is 76.6 Å². The number of carbonyl (C=O) groups excluding carboxylic acids is 1. The van der Waals surface area contributed by atoms with E-state index < -0.39 is 11.2 Å². The summed E-state index contributed by atoms with van der Waals surface area (Å²) in [6.45, 7) is 7.29. The molecule has 0 bridgehead atoms. The minimum absolute atomic E-state index is 0.0213. The van der Waals surface area contributed by atoms with Crippen molar-refractivity contribution in [3.05, 3.63) is 41.9 Å². The molecule has 1 unspecified atom stereocenters. The van der Waals surface area contributed by atoms with E-state index in [1.54, 1.807) is 11.1 Å². The maximum absolute atomic E-state index is 13.4. The molecule has 1 atom stereocenters. The number of hydrogen-bond acceptors (Lipinski definition) is 6. The molecule has 1 aliphatic carbocycles. The van der Waals surface area contributed by atoms with Crippen molar-refractivity contribution in [2.24, 2.45) is 0 Å². The van der Waals surface area contributed by atoms with E-state index in [0.29, 0.717) is 23.3 Å². The average Bonchev–Trinajstić information content (AvgIpc) is 3.28. The molecule has 0 saturated heterocycles. The van der Waals surface area contributed by atoms with Crippen LogP contribution >= 0.6 is 0 Å². The second-order valence-electron chi connectivity index (χ2n) is 7.90. The summed E-state index contributed by atoms with van der Waals surface area (Å²) in [5.41, 5.74) is 2.03. The normalized spacial score (nSPS) is 18.7. The lowest BCUT2D eigenvalue weighted by molar-refractivity contribution is -0.120. The molecule has 1 aromatic carbocycles. The lowest BCUT2D eigenvalue weighted by Gasteiger charge is -2.24. The monoisotopic (exact) mass is 396 g/mol. The van der Waals surface area contributed by atoms with Crippen LogP contribution < -0.4 is 19.7 Å². The molecule has 1 saturated carbocycles. The van der Waals surface area contributed by atoms with Gasteiger partial charge in [0.25, 0.3) is 0 Å². The Morgan fingerprint density at radius 2 is 2.10 bits per heavy atom. The van der Waals surface area contributed by atoms with Gasteiger partial charge in [0, 0.05) is 36.0 Å². The largest absolute Gasteiger partial charge is 0.454 e. The van der Waals surface area contributed by atoms with E-state index in [0.717, 1.165) is 29.7 Å². The van der Waals surface area contributed by atoms with E-state index >= 15 is 0 Å². The SMILES string of the molecule is C=C(F)CC(C)N1C(=O)C2(CC2)c2cnc(Nc3cc4c(cc3C)OCO4)nc21. The first kappa shape index (κ1) is 17.9. The fraction of sp³-hybridized carbons (Fsp3) is 0.381. The van der Waals surface area contributed by atoms with E-state index in [2.05, 4.69) is 21.9 Å². The molecule has 1 fully saturated rings. The van der Waals surface area contributed by atoms with Gasteiger partial charge < -0.3 is 14.8 Å². The summed E-state index contributed by atoms with van der Waals surface area (Å²) in [5.74, 6) is 1.81. The highest BCUT2D eigenvalue weighted by atomic mass is 19.1. The van der Waals surface area contributed by atoms with Gasteiger partial charge in [-0.25, -0.2) is 9.37 Å². The van der Waals surface area contributed by atoms with Crippen molar-refractivity contribution in [1.29, 1.82) is 0 Å². The first-order valence-electron chi connectivity index (χ1n) is 9.61. The van der Waals surface area contributed by atoms with Crippen molar-refractivity contribution in [1.82, 2.24) is 9.97 Å². The molecule has 0 radical (unpaired) electrons. The molecule has 150 valence electrons. The summed E-state index contributed by atoms with van der Waals surface area (Å²) in [6, 6.07) is 3.37. The molecular weight excluding hydrogens is 375 g/mol. The van der Waals surface area contributed by atoms with Crippen LogP contribution in [0.2, 0.25) is 0 Å². The molecule has 1 spiro atoms. The standard InChI is InChI=1S/C21H21FN4O3/c1-11-6-16-17(29-10-28-16)8-15(11)24-20-23-9-14-18(25-20)26(13(3)7-12(2)22)19(27)21(14)4-5-21/h6,8-9,13H,2,4-5,7,10H2,1,3H3,(H,23,24,25). The molecule has 1 amide bonds. The van der Waals surface area contributed by atoms with Crippen LogP contribution in [0.25, 0.3) is 0 Å². The van der Waals surface area contributed by atoms with Gasteiger partial charge in [0.05, 0.1) is 11.2 Å². The number of aryl methyl sites for hydroxylation is 1. The van der Waals surface area contributed by atoms with Gasteiger partial charge in [-0.2, -0.15) is 4.98 Å². The van der Waals surface area contributed by atoms with Crippen molar-refractivity contribution in [3.63, 3.8) is 0 Å². The molecule has 29 heavy (non-hydrogen) atoms. The molecule has 1 aromatic heterocycles. The Balaban J connectivity index is 1.50. The van der Waals surface area contributed by atoms with Crippen molar-refractivity contribution in [2.45, 2.75) is 44.6 Å². The number of carbonyl (C=O) groups is 1. The Morgan fingerprint density at radius 3 is 2.79 bits per heavy atom. The number of nitrogens with zero attached hydrogens (tertiary/aromatic N) is 3. The fourth-order valence-electron chi connectivity index (χ4n) is 4.12. The van der Waals surface area contributed by atoms with Crippen LogP contribution in [-0.4, -0.2) is 28.7 Å². The van der Waals surface area contributed by atoms with Gasteiger partial charge in [0.15, 0.2) is 11.5 Å². The minimum atomic E-state index is -0.533. The van der Waals surface area contributed by atoms with Gasteiger partial charge in [-0.15, -0.1) is 0 Å². The number of ether oxygens (including phenoxy) is 2. The van der Waals surface area contributed by atoms with E-state index in [-0.39, 0.29) is 25.2 Å². The Bertz CT molecular complexity index is 1050. The van der Waals surface area contributed by atoms with Crippen molar-refractivity contribution in [3.8, 4) is 11.5 Å². The number of hydrogen-bond donors (Lipinski definition) is 1. The lowest BCUT2D eigenvalue weighted by atomic mass is 10.0. The summed E-state index contributed by atoms with van der Waals surface area (Å²) in [7, 11) is 0. The van der Waals surface area contributed by atoms with Crippen LogP contribution in [0.5, 0.6) is 11.5 Å². The van der Waals surface area contributed by atoms with Gasteiger partial charge in [0.2, 0.25) is 18.6 Å². The van der Waals surface area contributed by atoms with Crippen LogP contribution in [0.4, 0.5) is 21.8 Å². The molecular formula is C21H21FN4O3. The summed E-state index contributed by atoms with van der Waals surface area (Å²) in [5, 5.41) is 3.21. The quantitative estimate of drug-likeness (QED) is 0.826. The Hall–Kier alpha value is -3.16. The van der Waals surface area contributed by atoms with Crippen LogP contribution in [-0.2, 0) is 10.2 Å². The highest BCUT2D eigenvalue weighted by Crippen LogP contribution is 2.57. The molecule has 3 heterocycles. The van der Waals surface area contributed by atoms with Gasteiger partial charge in [0.1, 0.15) is 5.82 Å². The van der Waals surface area contributed by atoms with Crippen LogP contribution in [0.15, 0.2) is 30.7 Å². The first-order valence-corrected chi connectivity index (χ1v) is 9.61. The summed E-state index contributed by atoms with van der Waals surface area (Å²) in [6.07, 6.45) is 3.34. The Morgan fingerprint density at radius 1 is 1.38 bits per heavy atom. The smallest absolute Gasteiger partial charge is 0.239 e. The van der Waals surface area contributed by atoms with Crippen molar-refractivity contribution < 1.29 is 18.7 Å².